The number of carbonyl (C=O) groups is 1. The molecule has 0 aliphatic carbocycles. The highest BCUT2D eigenvalue weighted by atomic mass is 35.5. The molecule has 6 heteroatoms. The lowest BCUT2D eigenvalue weighted by atomic mass is 10.3. The number of hydrogen-bond donors (Lipinski definition) is 1. The maximum atomic E-state index is 11.8. The van der Waals surface area contributed by atoms with Crippen LogP contribution in [-0.4, -0.2) is 20.7 Å². The van der Waals surface area contributed by atoms with Crippen molar-refractivity contribution in [3.05, 3.63) is 46.5 Å². The molecule has 0 saturated carbocycles. The van der Waals surface area contributed by atoms with Crippen LogP contribution in [0.3, 0.4) is 0 Å². The number of nitrogens with one attached hydrogen (secondary N) is 1. The summed E-state index contributed by atoms with van der Waals surface area (Å²) in [6.45, 7) is 1.77. The van der Waals surface area contributed by atoms with Crippen molar-refractivity contribution < 1.29 is 4.79 Å². The van der Waals surface area contributed by atoms with Crippen LogP contribution in [0.1, 0.15) is 12.6 Å². The van der Waals surface area contributed by atoms with Gasteiger partial charge in [-0.25, -0.2) is 4.98 Å². The van der Waals surface area contributed by atoms with Gasteiger partial charge in [-0.2, -0.15) is 0 Å². The molecule has 0 aliphatic rings. The summed E-state index contributed by atoms with van der Waals surface area (Å²) >= 11 is 5.62. The van der Waals surface area contributed by atoms with E-state index in [-0.39, 0.29) is 18.0 Å². The second kappa shape index (κ2) is 5.18. The molecule has 94 valence electrons. The molecular formula is C12H12ClN3O2. The van der Waals surface area contributed by atoms with Crippen molar-refractivity contribution in [1.29, 1.82) is 0 Å². The van der Waals surface area contributed by atoms with E-state index in [2.05, 4.69) is 10.3 Å². The summed E-state index contributed by atoms with van der Waals surface area (Å²) in [6.07, 6.45) is 1.65. The van der Waals surface area contributed by atoms with E-state index in [1.54, 1.807) is 31.3 Å². The van der Waals surface area contributed by atoms with E-state index < -0.39 is 5.38 Å². The third-order valence-corrected chi connectivity index (χ3v) is 2.63. The smallest absolute Gasteiger partial charge is 0.258 e. The third-order valence-electron chi connectivity index (χ3n) is 2.43. The van der Waals surface area contributed by atoms with E-state index in [1.165, 1.54) is 10.5 Å². The Balaban J connectivity index is 2.25. The van der Waals surface area contributed by atoms with Gasteiger partial charge in [-0.3, -0.25) is 14.0 Å². The molecule has 1 N–H and O–H groups in total. The Bertz CT molecular complexity index is 637. The maximum Gasteiger partial charge on any atom is 0.258 e. The van der Waals surface area contributed by atoms with E-state index in [9.17, 15) is 9.59 Å². The minimum atomic E-state index is -0.605. The first kappa shape index (κ1) is 12.6. The summed E-state index contributed by atoms with van der Waals surface area (Å²) in [5.74, 6) is -0.285. The first-order valence-corrected chi connectivity index (χ1v) is 5.90. The third kappa shape index (κ3) is 2.68. The number of pyridine rings is 1. The Morgan fingerprint density at radius 3 is 3.06 bits per heavy atom. The van der Waals surface area contributed by atoms with Gasteiger partial charge in [0.05, 0.1) is 12.2 Å². The number of alkyl halides is 1. The van der Waals surface area contributed by atoms with Gasteiger partial charge in [0.2, 0.25) is 5.91 Å². The fourth-order valence-electron chi connectivity index (χ4n) is 1.51. The van der Waals surface area contributed by atoms with Gasteiger partial charge in [0.25, 0.3) is 5.56 Å². The van der Waals surface area contributed by atoms with Crippen LogP contribution in [0.5, 0.6) is 0 Å². The number of aromatic nitrogens is 2. The van der Waals surface area contributed by atoms with Crippen LogP contribution in [0.2, 0.25) is 0 Å². The molecule has 0 saturated heterocycles. The molecule has 2 aromatic heterocycles. The highest BCUT2D eigenvalue weighted by molar-refractivity contribution is 6.30. The predicted octanol–water partition coefficient (Wildman–Crippen LogP) is 0.938. The number of nitrogens with zero attached hydrogens (tertiary/aromatic N) is 2. The van der Waals surface area contributed by atoms with Crippen LogP contribution >= 0.6 is 11.6 Å². The highest BCUT2D eigenvalue weighted by Gasteiger charge is 2.09. The van der Waals surface area contributed by atoms with Crippen molar-refractivity contribution in [3.8, 4) is 0 Å². The second-order valence-electron chi connectivity index (χ2n) is 3.85. The topological polar surface area (TPSA) is 63.5 Å². The second-order valence-corrected chi connectivity index (χ2v) is 4.50. The zero-order valence-corrected chi connectivity index (χ0v) is 10.5. The largest absolute Gasteiger partial charge is 0.349 e. The summed E-state index contributed by atoms with van der Waals surface area (Å²) < 4.78 is 1.44. The summed E-state index contributed by atoms with van der Waals surface area (Å²) in [4.78, 5) is 27.3. The Morgan fingerprint density at radius 2 is 2.33 bits per heavy atom. The highest BCUT2D eigenvalue weighted by Crippen LogP contribution is 1.99. The molecule has 0 spiro atoms. The van der Waals surface area contributed by atoms with Crippen LogP contribution in [0.4, 0.5) is 0 Å². The van der Waals surface area contributed by atoms with Crippen molar-refractivity contribution in [3.63, 3.8) is 0 Å². The van der Waals surface area contributed by atoms with Crippen LogP contribution < -0.4 is 10.9 Å². The average molecular weight is 266 g/mol. The molecule has 0 radical (unpaired) electrons. The standard InChI is InChI=1S/C12H12ClN3O2/c1-8(13)12(18)14-7-9-6-11(17)16-5-3-2-4-10(16)15-9/h2-6,8H,7H2,1H3,(H,14,18). The van der Waals surface area contributed by atoms with Crippen LogP contribution in [0.25, 0.3) is 5.65 Å². The summed E-state index contributed by atoms with van der Waals surface area (Å²) in [7, 11) is 0. The Morgan fingerprint density at radius 1 is 1.56 bits per heavy atom. The number of hydrogen-bond acceptors (Lipinski definition) is 3. The molecule has 0 bridgehead atoms. The zero-order valence-electron chi connectivity index (χ0n) is 9.76. The number of rotatable bonds is 3. The Hall–Kier alpha value is -1.88. The van der Waals surface area contributed by atoms with Crippen molar-refractivity contribution in [2.75, 3.05) is 0 Å². The summed E-state index contributed by atoms with van der Waals surface area (Å²) in [5, 5.41) is 2.00. The lowest BCUT2D eigenvalue weighted by molar-refractivity contribution is -0.120. The average Bonchev–Trinajstić information content (AvgIpc) is 2.36. The van der Waals surface area contributed by atoms with Crippen LogP contribution in [-0.2, 0) is 11.3 Å². The van der Waals surface area contributed by atoms with E-state index in [4.69, 9.17) is 11.6 Å². The number of fused-ring (bicyclic) bond motifs is 1. The van der Waals surface area contributed by atoms with Crippen LogP contribution in [0, 0.1) is 0 Å². The van der Waals surface area contributed by atoms with Gasteiger partial charge >= 0.3 is 0 Å². The van der Waals surface area contributed by atoms with Crippen molar-refractivity contribution in [2.45, 2.75) is 18.8 Å². The number of carbonyl (C=O) groups excluding carboxylic acids is 1. The summed E-state index contributed by atoms with van der Waals surface area (Å²) in [5.41, 5.74) is 0.883. The molecule has 2 heterocycles. The Kier molecular flexibility index (Phi) is 3.62. The summed E-state index contributed by atoms with van der Waals surface area (Å²) in [6, 6.07) is 6.68. The van der Waals surface area contributed by atoms with Gasteiger partial charge < -0.3 is 5.32 Å². The molecule has 2 aromatic rings. The fraction of sp³-hybridized carbons (Fsp3) is 0.250. The van der Waals surface area contributed by atoms with Gasteiger partial charge in [-0.1, -0.05) is 6.07 Å². The van der Waals surface area contributed by atoms with E-state index in [0.29, 0.717) is 11.3 Å². The predicted molar refractivity (Wildman–Crippen MR) is 68.6 cm³/mol. The van der Waals surface area contributed by atoms with Gasteiger partial charge in [0.1, 0.15) is 11.0 Å². The zero-order chi connectivity index (χ0) is 13.1. The lowest BCUT2D eigenvalue weighted by Gasteiger charge is -2.07. The molecule has 1 amide bonds. The molecular weight excluding hydrogens is 254 g/mol. The first-order chi connectivity index (χ1) is 8.58. The minimum Gasteiger partial charge on any atom is -0.349 e. The van der Waals surface area contributed by atoms with Gasteiger partial charge in [-0.15, -0.1) is 11.6 Å². The fourth-order valence-corrected chi connectivity index (χ4v) is 1.59. The van der Waals surface area contributed by atoms with Crippen molar-refractivity contribution in [1.82, 2.24) is 14.7 Å². The van der Waals surface area contributed by atoms with Crippen molar-refractivity contribution in [2.24, 2.45) is 0 Å². The molecule has 1 unspecified atom stereocenters. The molecule has 18 heavy (non-hydrogen) atoms. The number of amides is 1. The van der Waals surface area contributed by atoms with Crippen LogP contribution in [0.15, 0.2) is 35.3 Å². The van der Waals surface area contributed by atoms with Crippen molar-refractivity contribution >= 4 is 23.2 Å². The molecule has 1 atom stereocenters. The molecule has 0 aromatic carbocycles. The first-order valence-electron chi connectivity index (χ1n) is 5.47. The SMILES string of the molecule is CC(Cl)C(=O)NCc1cc(=O)n2ccccc2n1. The van der Waals surface area contributed by atoms with Gasteiger partial charge in [0, 0.05) is 12.3 Å². The van der Waals surface area contributed by atoms with E-state index >= 15 is 0 Å². The monoisotopic (exact) mass is 265 g/mol. The van der Waals surface area contributed by atoms with Gasteiger partial charge in [-0.05, 0) is 19.1 Å². The van der Waals surface area contributed by atoms with E-state index in [1.807, 2.05) is 0 Å². The van der Waals surface area contributed by atoms with Gasteiger partial charge in [0.15, 0.2) is 0 Å². The minimum absolute atomic E-state index is 0.177. The van der Waals surface area contributed by atoms with E-state index in [0.717, 1.165) is 0 Å². The molecule has 0 fully saturated rings. The normalized spacial score (nSPS) is 12.3. The number of halogens is 1. The maximum absolute atomic E-state index is 11.8. The lowest BCUT2D eigenvalue weighted by Crippen LogP contribution is -2.30. The quantitative estimate of drug-likeness (QED) is 0.840. The molecule has 2 rings (SSSR count). The Labute approximate surface area is 108 Å². The molecule has 0 aliphatic heterocycles. The molecule has 5 nitrogen and oxygen atoms in total.